The number of hydrogen-bond donors (Lipinski definition) is 1. The summed E-state index contributed by atoms with van der Waals surface area (Å²) in [5, 5.41) is 1.62. The number of hydrogen-bond acceptors (Lipinski definition) is 4. The van der Waals surface area contributed by atoms with Crippen molar-refractivity contribution in [2.75, 3.05) is 13.2 Å². The molecule has 0 atom stereocenters. The molecule has 1 rings (SSSR count). The zero-order chi connectivity index (χ0) is 15.4. The van der Waals surface area contributed by atoms with Crippen LogP contribution in [0.15, 0.2) is 29.2 Å². The number of carbonyl (C=O) groups is 1. The highest BCUT2D eigenvalue weighted by molar-refractivity contribution is 8.13. The average Bonchev–Trinajstić information content (AvgIpc) is 2.32. The molecule has 0 aromatic heterocycles. The van der Waals surface area contributed by atoms with Crippen LogP contribution in [0.25, 0.3) is 0 Å². The number of alkyl halides is 3. The maximum Gasteiger partial charge on any atom is 0.405 e. The second-order valence-corrected chi connectivity index (χ2v) is 6.16. The first-order valence-electron chi connectivity index (χ1n) is 5.09. The van der Waals surface area contributed by atoms with E-state index >= 15 is 0 Å². The lowest BCUT2D eigenvalue weighted by Crippen LogP contribution is -2.36. The van der Waals surface area contributed by atoms with E-state index in [1.54, 1.807) is 5.32 Å². The summed E-state index contributed by atoms with van der Waals surface area (Å²) in [5.74, 6) is -0.826. The molecule has 0 radical (unpaired) electrons. The lowest BCUT2D eigenvalue weighted by atomic mass is 10.3. The first-order chi connectivity index (χ1) is 9.08. The highest BCUT2D eigenvalue weighted by Crippen LogP contribution is 2.19. The van der Waals surface area contributed by atoms with Gasteiger partial charge in [0.15, 0.2) is 6.61 Å². The highest BCUT2D eigenvalue weighted by Gasteiger charge is 2.27. The topological polar surface area (TPSA) is 72.5 Å². The van der Waals surface area contributed by atoms with E-state index in [2.05, 4.69) is 0 Å². The van der Waals surface area contributed by atoms with Crippen molar-refractivity contribution in [2.45, 2.75) is 11.1 Å². The molecular weight excluding hydrogens is 323 g/mol. The van der Waals surface area contributed by atoms with Crippen molar-refractivity contribution >= 4 is 25.6 Å². The van der Waals surface area contributed by atoms with Crippen molar-refractivity contribution < 1.29 is 31.1 Å². The molecule has 1 aromatic carbocycles. The van der Waals surface area contributed by atoms with Gasteiger partial charge in [-0.15, -0.1) is 0 Å². The summed E-state index contributed by atoms with van der Waals surface area (Å²) in [5.41, 5.74) is 0. The summed E-state index contributed by atoms with van der Waals surface area (Å²) in [7, 11) is 1.22. The Kier molecular flexibility index (Phi) is 5.23. The molecule has 0 aliphatic carbocycles. The van der Waals surface area contributed by atoms with Gasteiger partial charge in [-0.05, 0) is 24.3 Å². The minimum absolute atomic E-state index is 0.122. The number of benzene rings is 1. The van der Waals surface area contributed by atoms with Gasteiger partial charge in [0.05, 0.1) is 4.90 Å². The predicted octanol–water partition coefficient (Wildman–Crippen LogP) is 1.67. The van der Waals surface area contributed by atoms with Crippen LogP contribution in [0.1, 0.15) is 0 Å². The van der Waals surface area contributed by atoms with Crippen LogP contribution in [0.3, 0.4) is 0 Å². The monoisotopic (exact) mass is 331 g/mol. The number of rotatable bonds is 5. The van der Waals surface area contributed by atoms with E-state index in [-0.39, 0.29) is 10.6 Å². The Morgan fingerprint density at radius 3 is 2.25 bits per heavy atom. The van der Waals surface area contributed by atoms with E-state index in [1.807, 2.05) is 0 Å². The molecule has 20 heavy (non-hydrogen) atoms. The molecule has 0 aliphatic heterocycles. The summed E-state index contributed by atoms with van der Waals surface area (Å²) in [6.45, 7) is -2.07. The quantitative estimate of drug-likeness (QED) is 0.833. The van der Waals surface area contributed by atoms with Crippen molar-refractivity contribution in [1.82, 2.24) is 5.32 Å². The van der Waals surface area contributed by atoms with Gasteiger partial charge in [0.1, 0.15) is 12.3 Å². The van der Waals surface area contributed by atoms with Gasteiger partial charge in [-0.25, -0.2) is 8.42 Å². The third-order valence-corrected chi connectivity index (χ3v) is 3.33. The fourth-order valence-corrected chi connectivity index (χ4v) is 1.87. The number of nitrogens with one attached hydrogen (secondary N) is 1. The molecular formula is C10H9ClF3NO4S. The third-order valence-electron chi connectivity index (χ3n) is 1.96. The largest absolute Gasteiger partial charge is 0.484 e. The van der Waals surface area contributed by atoms with Gasteiger partial charge in [-0.3, -0.25) is 4.79 Å². The van der Waals surface area contributed by atoms with E-state index in [1.165, 1.54) is 12.1 Å². The van der Waals surface area contributed by atoms with E-state index in [0.717, 1.165) is 12.1 Å². The molecule has 0 aliphatic rings. The van der Waals surface area contributed by atoms with E-state index in [9.17, 15) is 26.4 Å². The summed E-state index contributed by atoms with van der Waals surface area (Å²) in [6, 6.07) is 4.75. The minimum Gasteiger partial charge on any atom is -0.484 e. The zero-order valence-electron chi connectivity index (χ0n) is 9.78. The zero-order valence-corrected chi connectivity index (χ0v) is 11.3. The van der Waals surface area contributed by atoms with Gasteiger partial charge in [-0.2, -0.15) is 13.2 Å². The van der Waals surface area contributed by atoms with E-state index in [0.29, 0.717) is 0 Å². The first-order valence-corrected chi connectivity index (χ1v) is 7.40. The molecule has 5 nitrogen and oxygen atoms in total. The molecule has 1 aromatic rings. The Morgan fingerprint density at radius 2 is 1.80 bits per heavy atom. The first kappa shape index (κ1) is 16.6. The fourth-order valence-electron chi connectivity index (χ4n) is 1.10. The van der Waals surface area contributed by atoms with Crippen LogP contribution in [-0.2, 0) is 13.8 Å². The normalized spacial score (nSPS) is 12.0. The van der Waals surface area contributed by atoms with Gasteiger partial charge < -0.3 is 10.1 Å². The van der Waals surface area contributed by atoms with Gasteiger partial charge in [0.2, 0.25) is 0 Å². The third kappa shape index (κ3) is 6.11. The van der Waals surface area contributed by atoms with Crippen LogP contribution in [0.2, 0.25) is 0 Å². The van der Waals surface area contributed by atoms with Gasteiger partial charge in [-0.1, -0.05) is 0 Å². The summed E-state index contributed by atoms with van der Waals surface area (Å²) in [4.78, 5) is 10.9. The Morgan fingerprint density at radius 1 is 1.25 bits per heavy atom. The molecule has 0 saturated carbocycles. The second kappa shape index (κ2) is 6.31. The molecule has 0 bridgehead atoms. The van der Waals surface area contributed by atoms with Gasteiger partial charge in [0.25, 0.3) is 15.0 Å². The molecule has 10 heteroatoms. The average molecular weight is 332 g/mol. The molecule has 0 saturated heterocycles. The van der Waals surface area contributed by atoms with Crippen LogP contribution >= 0.6 is 10.7 Å². The van der Waals surface area contributed by atoms with Crippen LogP contribution in [0, 0.1) is 0 Å². The maximum atomic E-state index is 11.8. The Labute approximate surface area is 117 Å². The Bertz CT molecular complexity index is 571. The predicted molar refractivity (Wildman–Crippen MR) is 64.0 cm³/mol. The van der Waals surface area contributed by atoms with E-state index < -0.39 is 34.3 Å². The van der Waals surface area contributed by atoms with Crippen LogP contribution in [-0.4, -0.2) is 33.7 Å². The molecule has 0 fully saturated rings. The number of halogens is 4. The smallest absolute Gasteiger partial charge is 0.405 e. The van der Waals surface area contributed by atoms with Crippen LogP contribution in [0.4, 0.5) is 13.2 Å². The molecule has 112 valence electrons. The molecule has 1 amide bonds. The molecule has 0 unspecified atom stereocenters. The Hall–Kier alpha value is -1.48. The fraction of sp³-hybridized carbons (Fsp3) is 0.300. The maximum absolute atomic E-state index is 11.8. The van der Waals surface area contributed by atoms with Crippen molar-refractivity contribution in [3.63, 3.8) is 0 Å². The van der Waals surface area contributed by atoms with Crippen molar-refractivity contribution in [3.8, 4) is 5.75 Å². The van der Waals surface area contributed by atoms with Gasteiger partial charge in [0, 0.05) is 10.7 Å². The van der Waals surface area contributed by atoms with Crippen molar-refractivity contribution in [3.05, 3.63) is 24.3 Å². The summed E-state index contributed by atoms with van der Waals surface area (Å²) in [6.07, 6.45) is -4.49. The van der Waals surface area contributed by atoms with Gasteiger partial charge >= 0.3 is 6.18 Å². The SMILES string of the molecule is O=C(COc1ccc(S(=O)(=O)Cl)cc1)NCC(F)(F)F. The van der Waals surface area contributed by atoms with Crippen molar-refractivity contribution in [2.24, 2.45) is 0 Å². The molecule has 0 heterocycles. The number of carbonyl (C=O) groups excluding carboxylic acids is 1. The number of amides is 1. The van der Waals surface area contributed by atoms with E-state index in [4.69, 9.17) is 15.4 Å². The standard InChI is InChI=1S/C10H9ClF3NO4S/c11-20(17,18)8-3-1-7(2-4-8)19-5-9(16)15-6-10(12,13)14/h1-4H,5-6H2,(H,15,16). The lowest BCUT2D eigenvalue weighted by molar-refractivity contribution is -0.139. The second-order valence-electron chi connectivity index (χ2n) is 3.59. The molecule has 1 N–H and O–H groups in total. The highest BCUT2D eigenvalue weighted by atomic mass is 35.7. The minimum atomic E-state index is -4.49. The lowest BCUT2D eigenvalue weighted by Gasteiger charge is -2.09. The summed E-state index contributed by atoms with van der Waals surface area (Å²) < 4.78 is 62.2. The summed E-state index contributed by atoms with van der Waals surface area (Å²) >= 11 is 0. The van der Waals surface area contributed by atoms with Crippen LogP contribution in [0.5, 0.6) is 5.75 Å². The number of ether oxygens (including phenoxy) is 1. The molecule has 0 spiro atoms. The van der Waals surface area contributed by atoms with Crippen molar-refractivity contribution in [1.29, 1.82) is 0 Å². The Balaban J connectivity index is 2.48. The van der Waals surface area contributed by atoms with Crippen LogP contribution < -0.4 is 10.1 Å².